The van der Waals surface area contributed by atoms with Crippen LogP contribution >= 0.6 is 23.2 Å². The summed E-state index contributed by atoms with van der Waals surface area (Å²) in [6, 6.07) is 11.4. The largest absolute Gasteiger partial charge is 0.465 e. The normalized spacial score (nSPS) is 10.1. The Morgan fingerprint density at radius 2 is 1.88 bits per heavy atom. The van der Waals surface area contributed by atoms with E-state index < -0.39 is 12.0 Å². The van der Waals surface area contributed by atoms with Crippen LogP contribution in [0, 0.1) is 0 Å². The molecule has 0 saturated carbocycles. The number of amides is 2. The van der Waals surface area contributed by atoms with Gasteiger partial charge in [0.1, 0.15) is 0 Å². The standard InChI is InChI=1S/C17H16Cl2N2O3/c1-24-16(22)13-4-2-3-5-15(13)21-17(23)20-9-8-11-6-7-12(18)10-14(11)19/h2-7,10H,8-9H2,1H3,(H2,20,21,23). The van der Waals surface area contributed by atoms with Crippen LogP contribution in [-0.4, -0.2) is 25.7 Å². The average molecular weight is 367 g/mol. The van der Waals surface area contributed by atoms with Gasteiger partial charge in [0.05, 0.1) is 18.4 Å². The molecule has 0 atom stereocenters. The monoisotopic (exact) mass is 366 g/mol. The third kappa shape index (κ3) is 4.88. The second kappa shape index (κ2) is 8.57. The Labute approximate surface area is 149 Å². The Balaban J connectivity index is 1.91. The smallest absolute Gasteiger partial charge is 0.339 e. The van der Waals surface area contributed by atoms with Gasteiger partial charge < -0.3 is 15.4 Å². The molecule has 0 saturated heterocycles. The summed E-state index contributed by atoms with van der Waals surface area (Å²) in [6.07, 6.45) is 0.558. The summed E-state index contributed by atoms with van der Waals surface area (Å²) < 4.78 is 4.68. The number of benzene rings is 2. The van der Waals surface area contributed by atoms with Crippen LogP contribution in [0.25, 0.3) is 0 Å². The summed E-state index contributed by atoms with van der Waals surface area (Å²) in [4.78, 5) is 23.6. The molecule has 5 nitrogen and oxygen atoms in total. The maximum Gasteiger partial charge on any atom is 0.339 e. The van der Waals surface area contributed by atoms with E-state index in [1.807, 2.05) is 6.07 Å². The van der Waals surface area contributed by atoms with E-state index in [2.05, 4.69) is 15.4 Å². The number of ether oxygens (including phenoxy) is 1. The third-order valence-corrected chi connectivity index (χ3v) is 3.86. The SMILES string of the molecule is COC(=O)c1ccccc1NC(=O)NCCc1ccc(Cl)cc1Cl. The van der Waals surface area contributed by atoms with Crippen molar-refractivity contribution in [1.82, 2.24) is 5.32 Å². The van der Waals surface area contributed by atoms with Crippen LogP contribution in [0.5, 0.6) is 0 Å². The fourth-order valence-corrected chi connectivity index (χ4v) is 2.58. The molecule has 2 rings (SSSR count). The van der Waals surface area contributed by atoms with E-state index in [0.717, 1.165) is 5.56 Å². The number of carbonyl (C=O) groups excluding carboxylic acids is 2. The minimum atomic E-state index is -0.515. The highest BCUT2D eigenvalue weighted by Crippen LogP contribution is 2.21. The van der Waals surface area contributed by atoms with E-state index in [-0.39, 0.29) is 5.56 Å². The second-order valence-corrected chi connectivity index (χ2v) is 5.75. The molecule has 0 aliphatic heterocycles. The van der Waals surface area contributed by atoms with Crippen LogP contribution in [-0.2, 0) is 11.2 Å². The molecule has 7 heteroatoms. The lowest BCUT2D eigenvalue weighted by atomic mass is 10.1. The average Bonchev–Trinajstić information content (AvgIpc) is 2.56. The number of halogens is 2. The number of anilines is 1. The Morgan fingerprint density at radius 3 is 2.58 bits per heavy atom. The molecule has 2 aromatic carbocycles. The fourth-order valence-electron chi connectivity index (χ4n) is 2.08. The molecule has 0 spiro atoms. The summed E-state index contributed by atoms with van der Waals surface area (Å²) in [5.41, 5.74) is 1.55. The van der Waals surface area contributed by atoms with Gasteiger partial charge in [-0.25, -0.2) is 9.59 Å². The van der Waals surface area contributed by atoms with Gasteiger partial charge in [0.2, 0.25) is 0 Å². The van der Waals surface area contributed by atoms with E-state index in [1.54, 1.807) is 36.4 Å². The fraction of sp³-hybridized carbons (Fsp3) is 0.176. The molecule has 0 unspecified atom stereocenters. The topological polar surface area (TPSA) is 67.4 Å². The zero-order valence-electron chi connectivity index (χ0n) is 12.9. The molecule has 126 valence electrons. The van der Waals surface area contributed by atoms with Crippen LogP contribution in [0.1, 0.15) is 15.9 Å². The number of nitrogens with one attached hydrogen (secondary N) is 2. The molecule has 0 fully saturated rings. The number of methoxy groups -OCH3 is 1. The Bertz CT molecular complexity index is 750. The Kier molecular flexibility index (Phi) is 6.46. The van der Waals surface area contributed by atoms with E-state index in [0.29, 0.717) is 28.7 Å². The number of carbonyl (C=O) groups is 2. The van der Waals surface area contributed by atoms with Crippen LogP contribution in [0.2, 0.25) is 10.0 Å². The van der Waals surface area contributed by atoms with Crippen molar-refractivity contribution in [3.8, 4) is 0 Å². The molecule has 0 heterocycles. The molecule has 2 N–H and O–H groups in total. The van der Waals surface area contributed by atoms with Gasteiger partial charge in [-0.2, -0.15) is 0 Å². The van der Waals surface area contributed by atoms with Crippen LogP contribution in [0.15, 0.2) is 42.5 Å². The van der Waals surface area contributed by atoms with Crippen molar-refractivity contribution < 1.29 is 14.3 Å². The maximum atomic E-state index is 12.0. The molecular formula is C17H16Cl2N2O3. The lowest BCUT2D eigenvalue weighted by molar-refractivity contribution is 0.0602. The summed E-state index contributed by atoms with van der Waals surface area (Å²) in [5, 5.41) is 6.46. The molecular weight excluding hydrogens is 351 g/mol. The Hall–Kier alpha value is -2.24. The molecule has 24 heavy (non-hydrogen) atoms. The van der Waals surface area contributed by atoms with Crippen molar-refractivity contribution in [3.63, 3.8) is 0 Å². The minimum Gasteiger partial charge on any atom is -0.465 e. The summed E-state index contributed by atoms with van der Waals surface area (Å²) in [7, 11) is 1.29. The lowest BCUT2D eigenvalue weighted by Crippen LogP contribution is -2.31. The van der Waals surface area contributed by atoms with Crippen LogP contribution in [0.3, 0.4) is 0 Å². The summed E-state index contributed by atoms with van der Waals surface area (Å²) in [5.74, 6) is -0.515. The van der Waals surface area contributed by atoms with Gasteiger partial charge in [-0.05, 0) is 36.2 Å². The van der Waals surface area contributed by atoms with Gasteiger partial charge in [0.25, 0.3) is 0 Å². The van der Waals surface area contributed by atoms with E-state index in [4.69, 9.17) is 23.2 Å². The zero-order chi connectivity index (χ0) is 17.5. The third-order valence-electron chi connectivity index (χ3n) is 3.28. The highest BCUT2D eigenvalue weighted by atomic mass is 35.5. The molecule has 0 aromatic heterocycles. The predicted octanol–water partition coefficient (Wildman–Crippen LogP) is 4.14. The highest BCUT2D eigenvalue weighted by Gasteiger charge is 2.13. The molecule has 2 amide bonds. The van der Waals surface area contributed by atoms with E-state index in [9.17, 15) is 9.59 Å². The highest BCUT2D eigenvalue weighted by molar-refractivity contribution is 6.35. The van der Waals surface area contributed by atoms with Gasteiger partial charge in [0, 0.05) is 16.6 Å². The Morgan fingerprint density at radius 1 is 1.12 bits per heavy atom. The van der Waals surface area contributed by atoms with Crippen molar-refractivity contribution in [2.24, 2.45) is 0 Å². The maximum absolute atomic E-state index is 12.0. The first-order valence-corrected chi connectivity index (χ1v) is 7.93. The number of rotatable bonds is 5. The van der Waals surface area contributed by atoms with Gasteiger partial charge in [0.15, 0.2) is 0 Å². The molecule has 0 bridgehead atoms. The number of para-hydroxylation sites is 1. The number of esters is 1. The van der Waals surface area contributed by atoms with Crippen molar-refractivity contribution >= 4 is 40.9 Å². The molecule has 2 aromatic rings. The summed E-state index contributed by atoms with van der Waals surface area (Å²) >= 11 is 11.9. The lowest BCUT2D eigenvalue weighted by Gasteiger charge is -2.11. The van der Waals surface area contributed by atoms with Gasteiger partial charge in [-0.1, -0.05) is 41.4 Å². The molecule has 0 aliphatic rings. The first-order valence-electron chi connectivity index (χ1n) is 7.17. The van der Waals surface area contributed by atoms with Crippen molar-refractivity contribution in [3.05, 3.63) is 63.6 Å². The van der Waals surface area contributed by atoms with Crippen molar-refractivity contribution in [1.29, 1.82) is 0 Å². The minimum absolute atomic E-state index is 0.288. The number of urea groups is 1. The molecule has 0 radical (unpaired) electrons. The van der Waals surface area contributed by atoms with Gasteiger partial charge in [-0.3, -0.25) is 0 Å². The molecule has 0 aliphatic carbocycles. The van der Waals surface area contributed by atoms with Crippen molar-refractivity contribution in [2.75, 3.05) is 19.0 Å². The number of hydrogen-bond acceptors (Lipinski definition) is 3. The first-order chi connectivity index (χ1) is 11.5. The zero-order valence-corrected chi connectivity index (χ0v) is 14.4. The quantitative estimate of drug-likeness (QED) is 0.781. The van der Waals surface area contributed by atoms with Gasteiger partial charge >= 0.3 is 12.0 Å². The second-order valence-electron chi connectivity index (χ2n) is 4.90. The van der Waals surface area contributed by atoms with Gasteiger partial charge in [-0.15, -0.1) is 0 Å². The van der Waals surface area contributed by atoms with E-state index >= 15 is 0 Å². The van der Waals surface area contributed by atoms with Crippen LogP contribution < -0.4 is 10.6 Å². The summed E-state index contributed by atoms with van der Waals surface area (Å²) in [6.45, 7) is 0.383. The van der Waals surface area contributed by atoms with Crippen molar-refractivity contribution in [2.45, 2.75) is 6.42 Å². The first kappa shape index (κ1) is 18.1. The predicted molar refractivity (Wildman–Crippen MR) is 95.0 cm³/mol. The van der Waals surface area contributed by atoms with Crippen LogP contribution in [0.4, 0.5) is 10.5 Å². The number of hydrogen-bond donors (Lipinski definition) is 2. The van der Waals surface area contributed by atoms with E-state index in [1.165, 1.54) is 7.11 Å².